The average molecular weight is 466 g/mol. The van der Waals surface area contributed by atoms with Gasteiger partial charge in [-0.2, -0.15) is 0 Å². The van der Waals surface area contributed by atoms with Crippen LogP contribution in [0.5, 0.6) is 0 Å². The summed E-state index contributed by atoms with van der Waals surface area (Å²) in [6.45, 7) is 1.88. The minimum atomic E-state index is -2.73. The maximum absolute atomic E-state index is 13.7. The molecule has 3 aromatic rings. The highest BCUT2D eigenvalue weighted by Gasteiger charge is 2.57. The van der Waals surface area contributed by atoms with Crippen LogP contribution in [0, 0.1) is 12.8 Å². The Labute approximate surface area is 195 Å². The molecule has 0 radical (unpaired) electrons. The van der Waals surface area contributed by atoms with E-state index in [9.17, 15) is 18.4 Å². The lowest BCUT2D eigenvalue weighted by Crippen LogP contribution is -2.42. The Morgan fingerprint density at radius 1 is 1.12 bits per heavy atom. The Morgan fingerprint density at radius 2 is 1.71 bits per heavy atom. The number of fused-ring (bicyclic) bond motifs is 1. The zero-order chi connectivity index (χ0) is 23.9. The van der Waals surface area contributed by atoms with Crippen molar-refractivity contribution in [3.05, 3.63) is 99.2 Å². The fraction of sp³-hybridized carbons (Fsp3) is 0.346. The van der Waals surface area contributed by atoms with E-state index in [0.717, 1.165) is 11.1 Å². The molecule has 6 nitrogen and oxygen atoms in total. The van der Waals surface area contributed by atoms with Crippen molar-refractivity contribution in [2.45, 2.75) is 38.3 Å². The first kappa shape index (κ1) is 22.3. The number of nitrogens with zero attached hydrogens (tertiary/aromatic N) is 3. The highest BCUT2D eigenvalue weighted by atomic mass is 19.3. The second kappa shape index (κ2) is 8.66. The van der Waals surface area contributed by atoms with Gasteiger partial charge in [-0.3, -0.25) is 9.36 Å². The Morgan fingerprint density at radius 3 is 2.26 bits per heavy atom. The zero-order valence-corrected chi connectivity index (χ0v) is 18.8. The van der Waals surface area contributed by atoms with Crippen molar-refractivity contribution >= 4 is 6.09 Å². The first-order valence-corrected chi connectivity index (χ1v) is 11.4. The molecule has 1 aliphatic heterocycles. The second-order valence-electron chi connectivity index (χ2n) is 8.89. The molecule has 0 spiro atoms. The third-order valence-electron chi connectivity index (χ3n) is 6.55. The molecule has 8 heteroatoms. The van der Waals surface area contributed by atoms with Crippen molar-refractivity contribution in [3.8, 4) is 0 Å². The number of carbonyl (C=O) groups is 1. The van der Waals surface area contributed by atoms with Crippen molar-refractivity contribution < 1.29 is 18.3 Å². The summed E-state index contributed by atoms with van der Waals surface area (Å²) < 4.78 is 32.9. The summed E-state index contributed by atoms with van der Waals surface area (Å²) in [5, 5.41) is 0. The number of amides is 1. The molecule has 34 heavy (non-hydrogen) atoms. The molecular formula is C26H25F2N3O3. The predicted octanol–water partition coefficient (Wildman–Crippen LogP) is 4.34. The van der Waals surface area contributed by atoms with Gasteiger partial charge in [-0.25, -0.2) is 18.6 Å². The standard InChI is InChI=1S/C26H25F2N3O3/c1-17-29-22-15-30(25(33)34-16-20-14-26(20,27)28)13-12-21(22)24(32)31(17)23(18-8-4-2-5-9-18)19-10-6-3-7-11-19/h2-11,20,23H,12-16H2,1H3. The number of hydrogen-bond donors (Lipinski definition) is 0. The van der Waals surface area contributed by atoms with Gasteiger partial charge in [0.25, 0.3) is 11.5 Å². The molecule has 5 rings (SSSR count). The van der Waals surface area contributed by atoms with E-state index in [1.165, 1.54) is 4.90 Å². The van der Waals surface area contributed by atoms with Crippen LogP contribution in [-0.2, 0) is 17.7 Å². The number of halogens is 2. The molecule has 0 N–H and O–H groups in total. The highest BCUT2D eigenvalue weighted by Crippen LogP contribution is 2.48. The van der Waals surface area contributed by atoms with Gasteiger partial charge in [0.2, 0.25) is 0 Å². The summed E-state index contributed by atoms with van der Waals surface area (Å²) in [5.41, 5.74) is 2.90. The molecule has 2 aromatic carbocycles. The van der Waals surface area contributed by atoms with Crippen LogP contribution >= 0.6 is 0 Å². The van der Waals surface area contributed by atoms with Crippen molar-refractivity contribution in [1.29, 1.82) is 0 Å². The fourth-order valence-electron chi connectivity index (χ4n) is 4.56. The lowest BCUT2D eigenvalue weighted by atomic mass is 9.97. The summed E-state index contributed by atoms with van der Waals surface area (Å²) in [5.74, 6) is -3.09. The summed E-state index contributed by atoms with van der Waals surface area (Å²) in [7, 11) is 0. The van der Waals surface area contributed by atoms with Gasteiger partial charge in [0.05, 0.1) is 24.2 Å². The summed E-state index contributed by atoms with van der Waals surface area (Å²) in [4.78, 5) is 32.2. The summed E-state index contributed by atoms with van der Waals surface area (Å²) in [6.07, 6.45) is -0.566. The first-order chi connectivity index (χ1) is 16.3. The van der Waals surface area contributed by atoms with Crippen LogP contribution in [0.4, 0.5) is 13.6 Å². The van der Waals surface area contributed by atoms with E-state index in [-0.39, 0.29) is 37.7 Å². The average Bonchev–Trinajstić information content (AvgIpc) is 3.47. The molecule has 1 atom stereocenters. The van der Waals surface area contributed by atoms with Gasteiger partial charge in [0.1, 0.15) is 12.4 Å². The molecule has 1 amide bonds. The first-order valence-electron chi connectivity index (χ1n) is 11.4. The van der Waals surface area contributed by atoms with E-state index in [1.54, 1.807) is 11.5 Å². The van der Waals surface area contributed by atoms with E-state index < -0.39 is 17.9 Å². The number of carbonyl (C=O) groups excluding carboxylic acids is 1. The Hall–Kier alpha value is -3.55. The topological polar surface area (TPSA) is 64.4 Å². The van der Waals surface area contributed by atoms with E-state index in [2.05, 4.69) is 0 Å². The van der Waals surface area contributed by atoms with Crippen LogP contribution in [-0.4, -0.2) is 39.6 Å². The summed E-state index contributed by atoms with van der Waals surface area (Å²) >= 11 is 0. The van der Waals surface area contributed by atoms with Crippen molar-refractivity contribution in [1.82, 2.24) is 14.5 Å². The molecule has 2 aliphatic rings. The maximum Gasteiger partial charge on any atom is 0.410 e. The van der Waals surface area contributed by atoms with Crippen LogP contribution < -0.4 is 5.56 Å². The number of hydrogen-bond acceptors (Lipinski definition) is 4. The van der Waals surface area contributed by atoms with Gasteiger partial charge in [-0.1, -0.05) is 60.7 Å². The number of ether oxygens (including phenoxy) is 1. The molecule has 176 valence electrons. The van der Waals surface area contributed by atoms with Crippen LogP contribution in [0.15, 0.2) is 65.5 Å². The van der Waals surface area contributed by atoms with Crippen molar-refractivity contribution in [3.63, 3.8) is 0 Å². The number of rotatable bonds is 5. The second-order valence-corrected chi connectivity index (χ2v) is 8.89. The Kier molecular flexibility index (Phi) is 5.67. The summed E-state index contributed by atoms with van der Waals surface area (Å²) in [6, 6.07) is 19.3. The quantitative estimate of drug-likeness (QED) is 0.562. The maximum atomic E-state index is 13.7. The fourth-order valence-corrected chi connectivity index (χ4v) is 4.56. The normalized spacial score (nSPS) is 18.5. The Balaban J connectivity index is 1.44. The lowest BCUT2D eigenvalue weighted by molar-refractivity contribution is 0.0576. The molecule has 1 saturated carbocycles. The molecule has 1 unspecified atom stereocenters. The number of alkyl halides is 2. The van der Waals surface area contributed by atoms with Gasteiger partial charge in [0.15, 0.2) is 0 Å². The SMILES string of the molecule is Cc1nc2c(c(=O)n1C(c1ccccc1)c1ccccc1)CCN(C(=O)OCC1CC1(F)F)C2. The minimum Gasteiger partial charge on any atom is -0.449 e. The molecule has 1 fully saturated rings. The number of aromatic nitrogens is 2. The van der Waals surface area contributed by atoms with E-state index in [0.29, 0.717) is 23.5 Å². The number of benzene rings is 2. The monoisotopic (exact) mass is 465 g/mol. The van der Waals surface area contributed by atoms with Crippen LogP contribution in [0.3, 0.4) is 0 Å². The van der Waals surface area contributed by atoms with Gasteiger partial charge in [-0.15, -0.1) is 0 Å². The van der Waals surface area contributed by atoms with Gasteiger partial charge in [-0.05, 0) is 24.5 Å². The lowest BCUT2D eigenvalue weighted by Gasteiger charge is -2.30. The van der Waals surface area contributed by atoms with Crippen molar-refractivity contribution in [2.75, 3.05) is 13.2 Å². The van der Waals surface area contributed by atoms with Crippen LogP contribution in [0.2, 0.25) is 0 Å². The largest absolute Gasteiger partial charge is 0.449 e. The molecule has 1 aromatic heterocycles. The van der Waals surface area contributed by atoms with Gasteiger partial charge >= 0.3 is 6.09 Å². The van der Waals surface area contributed by atoms with Gasteiger partial charge < -0.3 is 9.64 Å². The smallest absolute Gasteiger partial charge is 0.410 e. The third-order valence-corrected chi connectivity index (χ3v) is 6.55. The van der Waals surface area contributed by atoms with Crippen molar-refractivity contribution in [2.24, 2.45) is 5.92 Å². The predicted molar refractivity (Wildman–Crippen MR) is 122 cm³/mol. The molecule has 2 heterocycles. The minimum absolute atomic E-state index is 0.119. The highest BCUT2D eigenvalue weighted by molar-refractivity contribution is 5.68. The molecule has 1 aliphatic carbocycles. The molecule has 0 bridgehead atoms. The van der Waals surface area contributed by atoms with Crippen LogP contribution in [0.25, 0.3) is 0 Å². The number of aryl methyl sites for hydroxylation is 1. The molecular weight excluding hydrogens is 440 g/mol. The molecule has 0 saturated heterocycles. The third kappa shape index (κ3) is 4.20. The zero-order valence-electron chi connectivity index (χ0n) is 18.8. The van der Waals surface area contributed by atoms with E-state index in [4.69, 9.17) is 9.72 Å². The Bertz CT molecular complexity index is 1220. The van der Waals surface area contributed by atoms with Crippen LogP contribution in [0.1, 0.15) is 40.7 Å². The van der Waals surface area contributed by atoms with E-state index >= 15 is 0 Å². The van der Waals surface area contributed by atoms with E-state index in [1.807, 2.05) is 60.7 Å². The van der Waals surface area contributed by atoms with Gasteiger partial charge in [0, 0.05) is 18.5 Å².